The summed E-state index contributed by atoms with van der Waals surface area (Å²) >= 11 is 0. The van der Waals surface area contributed by atoms with Crippen molar-refractivity contribution in [1.82, 2.24) is 4.90 Å². The molecule has 2 aliphatic rings. The zero-order chi connectivity index (χ0) is 11.6. The van der Waals surface area contributed by atoms with E-state index in [1.165, 1.54) is 45.1 Å². The highest BCUT2D eigenvalue weighted by atomic mass is 15.2. The summed E-state index contributed by atoms with van der Waals surface area (Å²) in [5.41, 5.74) is 0.0923. The normalized spacial score (nSPS) is 32.2. The molecule has 2 nitrogen and oxygen atoms in total. The minimum absolute atomic E-state index is 0.0923. The van der Waals surface area contributed by atoms with Gasteiger partial charge in [0.05, 0.1) is 12.0 Å². The molecule has 0 N–H and O–H groups in total. The Kier molecular flexibility index (Phi) is 3.54. The third-order valence-electron chi connectivity index (χ3n) is 4.66. The number of hydrogen-bond acceptors (Lipinski definition) is 2. The molecule has 1 heterocycles. The highest BCUT2D eigenvalue weighted by Gasteiger charge is 2.41. The maximum absolute atomic E-state index is 9.27. The lowest BCUT2D eigenvalue weighted by Crippen LogP contribution is -2.57. The van der Waals surface area contributed by atoms with Crippen molar-refractivity contribution in [2.45, 2.75) is 70.4 Å². The lowest BCUT2D eigenvalue weighted by molar-refractivity contribution is -0.00591. The number of hydrogen-bond donors (Lipinski definition) is 0. The van der Waals surface area contributed by atoms with E-state index in [9.17, 15) is 5.26 Å². The molecule has 0 aromatic heterocycles. The van der Waals surface area contributed by atoms with E-state index in [2.05, 4.69) is 24.8 Å². The second kappa shape index (κ2) is 4.75. The van der Waals surface area contributed by atoms with Crippen LogP contribution in [-0.2, 0) is 0 Å². The highest BCUT2D eigenvalue weighted by molar-refractivity contribution is 5.04. The minimum Gasteiger partial charge on any atom is -0.294 e. The van der Waals surface area contributed by atoms with Crippen molar-refractivity contribution in [1.29, 1.82) is 5.26 Å². The topological polar surface area (TPSA) is 27.0 Å². The van der Waals surface area contributed by atoms with E-state index in [1.54, 1.807) is 0 Å². The zero-order valence-corrected chi connectivity index (χ0v) is 10.7. The average Bonchev–Trinajstić information content (AvgIpc) is 2.29. The molecule has 2 rings (SSSR count). The minimum atomic E-state index is 0.0923. The molecular weight excluding hydrogens is 196 g/mol. The van der Waals surface area contributed by atoms with Gasteiger partial charge in [0.15, 0.2) is 0 Å². The molecule has 0 amide bonds. The highest BCUT2D eigenvalue weighted by Crippen LogP contribution is 2.37. The van der Waals surface area contributed by atoms with E-state index in [-0.39, 0.29) is 11.5 Å². The fourth-order valence-electron chi connectivity index (χ4n) is 3.58. The number of nitriles is 1. The maximum atomic E-state index is 9.27. The maximum Gasteiger partial charge on any atom is 0.0675 e. The molecule has 0 aromatic rings. The molecule has 1 saturated carbocycles. The van der Waals surface area contributed by atoms with Crippen LogP contribution in [-0.4, -0.2) is 23.0 Å². The van der Waals surface area contributed by atoms with E-state index < -0.39 is 0 Å². The second-order valence-corrected chi connectivity index (χ2v) is 5.96. The Morgan fingerprint density at radius 3 is 2.38 bits per heavy atom. The molecule has 1 aliphatic carbocycles. The van der Waals surface area contributed by atoms with Crippen molar-refractivity contribution >= 4 is 0 Å². The fraction of sp³-hybridized carbons (Fsp3) is 0.929. The summed E-state index contributed by atoms with van der Waals surface area (Å²) in [5.74, 6) is 0.225. The lowest BCUT2D eigenvalue weighted by atomic mass is 9.77. The standard InChI is InChI=1S/C14H24N2/c1-14(2)12(11-15)7-6-10-16(14)13-8-4-3-5-9-13/h12-13H,3-10H2,1-2H3. The van der Waals surface area contributed by atoms with Crippen LogP contribution in [0.25, 0.3) is 0 Å². The first-order chi connectivity index (χ1) is 7.66. The summed E-state index contributed by atoms with van der Waals surface area (Å²) in [7, 11) is 0. The van der Waals surface area contributed by atoms with Gasteiger partial charge < -0.3 is 0 Å². The Morgan fingerprint density at radius 2 is 1.75 bits per heavy atom. The van der Waals surface area contributed by atoms with Crippen LogP contribution in [0.3, 0.4) is 0 Å². The fourth-order valence-corrected chi connectivity index (χ4v) is 3.58. The summed E-state index contributed by atoms with van der Waals surface area (Å²) in [6.07, 6.45) is 9.17. The van der Waals surface area contributed by atoms with E-state index in [0.717, 1.165) is 12.5 Å². The first-order valence-electron chi connectivity index (χ1n) is 6.82. The Balaban J connectivity index is 2.10. The monoisotopic (exact) mass is 220 g/mol. The molecule has 1 atom stereocenters. The van der Waals surface area contributed by atoms with Crippen LogP contribution in [0.5, 0.6) is 0 Å². The van der Waals surface area contributed by atoms with Gasteiger partial charge in [0.1, 0.15) is 0 Å². The quantitative estimate of drug-likeness (QED) is 0.677. The number of piperidine rings is 1. The Morgan fingerprint density at radius 1 is 1.06 bits per heavy atom. The van der Waals surface area contributed by atoms with Gasteiger partial charge in [-0.2, -0.15) is 5.26 Å². The van der Waals surface area contributed by atoms with Crippen molar-refractivity contribution in [2.75, 3.05) is 6.54 Å². The molecule has 2 heteroatoms. The predicted molar refractivity (Wildman–Crippen MR) is 66.0 cm³/mol. The Labute approximate surface area is 99.6 Å². The van der Waals surface area contributed by atoms with Gasteiger partial charge in [-0.15, -0.1) is 0 Å². The smallest absolute Gasteiger partial charge is 0.0675 e. The molecule has 1 unspecified atom stereocenters. The van der Waals surface area contributed by atoms with Crippen molar-refractivity contribution in [3.05, 3.63) is 0 Å². The van der Waals surface area contributed by atoms with Crippen LogP contribution < -0.4 is 0 Å². The van der Waals surface area contributed by atoms with Gasteiger partial charge in [-0.3, -0.25) is 4.90 Å². The van der Waals surface area contributed by atoms with Crippen LogP contribution in [0.2, 0.25) is 0 Å². The van der Waals surface area contributed by atoms with Gasteiger partial charge in [0.2, 0.25) is 0 Å². The summed E-state index contributed by atoms with van der Waals surface area (Å²) in [5, 5.41) is 9.27. The Bertz CT molecular complexity index is 271. The molecule has 16 heavy (non-hydrogen) atoms. The van der Waals surface area contributed by atoms with E-state index in [4.69, 9.17) is 0 Å². The van der Waals surface area contributed by atoms with Gasteiger partial charge >= 0.3 is 0 Å². The Hall–Kier alpha value is -0.550. The SMILES string of the molecule is CC1(C)C(C#N)CCCN1C1CCCCC1. The third-order valence-corrected chi connectivity index (χ3v) is 4.66. The van der Waals surface area contributed by atoms with Crippen molar-refractivity contribution < 1.29 is 0 Å². The van der Waals surface area contributed by atoms with Crippen LogP contribution >= 0.6 is 0 Å². The molecular formula is C14H24N2. The molecule has 0 aromatic carbocycles. The van der Waals surface area contributed by atoms with Gasteiger partial charge in [0, 0.05) is 11.6 Å². The first-order valence-corrected chi connectivity index (χ1v) is 6.82. The summed E-state index contributed by atoms with van der Waals surface area (Å²) in [6.45, 7) is 5.75. The van der Waals surface area contributed by atoms with Gasteiger partial charge in [-0.05, 0) is 46.1 Å². The number of rotatable bonds is 1. The van der Waals surface area contributed by atoms with Crippen LogP contribution in [0, 0.1) is 17.2 Å². The number of likely N-dealkylation sites (tertiary alicyclic amines) is 1. The molecule has 0 bridgehead atoms. The predicted octanol–water partition coefficient (Wildman–Crippen LogP) is 3.33. The lowest BCUT2D eigenvalue weighted by Gasteiger charge is -2.50. The van der Waals surface area contributed by atoms with E-state index in [1.807, 2.05) is 0 Å². The van der Waals surface area contributed by atoms with E-state index in [0.29, 0.717) is 0 Å². The molecule has 2 fully saturated rings. The van der Waals surface area contributed by atoms with Gasteiger partial charge in [0.25, 0.3) is 0 Å². The summed E-state index contributed by atoms with van der Waals surface area (Å²) in [4.78, 5) is 2.64. The molecule has 0 spiro atoms. The largest absolute Gasteiger partial charge is 0.294 e. The average molecular weight is 220 g/mol. The van der Waals surface area contributed by atoms with Crippen LogP contribution in [0.1, 0.15) is 58.8 Å². The van der Waals surface area contributed by atoms with Gasteiger partial charge in [-0.1, -0.05) is 19.3 Å². The van der Waals surface area contributed by atoms with Crippen LogP contribution in [0.4, 0.5) is 0 Å². The van der Waals surface area contributed by atoms with Crippen molar-refractivity contribution in [3.63, 3.8) is 0 Å². The van der Waals surface area contributed by atoms with E-state index >= 15 is 0 Å². The summed E-state index contributed by atoms with van der Waals surface area (Å²) in [6, 6.07) is 3.27. The second-order valence-electron chi connectivity index (χ2n) is 5.96. The summed E-state index contributed by atoms with van der Waals surface area (Å²) < 4.78 is 0. The first kappa shape index (κ1) is 11.9. The molecule has 90 valence electrons. The van der Waals surface area contributed by atoms with Crippen LogP contribution in [0.15, 0.2) is 0 Å². The molecule has 1 saturated heterocycles. The van der Waals surface area contributed by atoms with Crippen molar-refractivity contribution in [2.24, 2.45) is 5.92 Å². The van der Waals surface area contributed by atoms with Gasteiger partial charge in [-0.25, -0.2) is 0 Å². The number of nitrogens with zero attached hydrogens (tertiary/aromatic N) is 2. The van der Waals surface area contributed by atoms with Crippen molar-refractivity contribution in [3.8, 4) is 6.07 Å². The third kappa shape index (κ3) is 2.11. The molecule has 1 aliphatic heterocycles. The molecule has 0 radical (unpaired) electrons. The zero-order valence-electron chi connectivity index (χ0n) is 10.7.